The van der Waals surface area contributed by atoms with Crippen molar-refractivity contribution in [2.75, 3.05) is 27.3 Å². The minimum Gasteiger partial charge on any atom is -0.497 e. The summed E-state index contributed by atoms with van der Waals surface area (Å²) >= 11 is 0. The molecule has 1 rings (SSSR count). The molecule has 0 radical (unpaired) electrons. The third-order valence-corrected chi connectivity index (χ3v) is 3.45. The van der Waals surface area contributed by atoms with Gasteiger partial charge in [-0.25, -0.2) is 0 Å². The highest BCUT2D eigenvalue weighted by molar-refractivity contribution is 5.81. The topological polar surface area (TPSA) is 62.6 Å². The lowest BCUT2D eigenvalue weighted by Gasteiger charge is -2.22. The molecule has 0 heterocycles. The molecule has 1 amide bonds. The number of carbonyl (C=O) groups is 1. The Morgan fingerprint density at radius 2 is 1.95 bits per heavy atom. The SMILES string of the molecule is CCN(CC)C(=O)C(C#N)Cc1ccc(OC)cc1OC. The van der Waals surface area contributed by atoms with Crippen LogP contribution < -0.4 is 9.47 Å². The standard InChI is InChI=1S/C16H22N2O3/c1-5-18(6-2)16(19)13(11-17)9-12-7-8-14(20-3)10-15(12)21-4/h7-8,10,13H,5-6,9H2,1-4H3. The maximum absolute atomic E-state index is 12.3. The van der Waals surface area contributed by atoms with Crippen LogP contribution in [0.15, 0.2) is 18.2 Å². The molecule has 0 aromatic heterocycles. The van der Waals surface area contributed by atoms with Gasteiger partial charge in [0, 0.05) is 25.6 Å². The van der Waals surface area contributed by atoms with Crippen LogP contribution in [0.4, 0.5) is 0 Å². The van der Waals surface area contributed by atoms with Crippen LogP contribution in [0.25, 0.3) is 0 Å². The summed E-state index contributed by atoms with van der Waals surface area (Å²) in [5.74, 6) is 0.466. The summed E-state index contributed by atoms with van der Waals surface area (Å²) in [6.07, 6.45) is 0.332. The van der Waals surface area contributed by atoms with E-state index in [1.807, 2.05) is 19.9 Å². The fraction of sp³-hybridized carbons (Fsp3) is 0.500. The van der Waals surface area contributed by atoms with E-state index in [1.54, 1.807) is 31.3 Å². The first-order valence-electron chi connectivity index (χ1n) is 7.00. The summed E-state index contributed by atoms with van der Waals surface area (Å²) < 4.78 is 10.5. The molecule has 1 unspecified atom stereocenters. The van der Waals surface area contributed by atoms with Gasteiger partial charge in [-0.15, -0.1) is 0 Å². The molecule has 114 valence electrons. The number of ether oxygens (including phenoxy) is 2. The highest BCUT2D eigenvalue weighted by Crippen LogP contribution is 2.27. The van der Waals surface area contributed by atoms with Crippen molar-refractivity contribution < 1.29 is 14.3 Å². The molecule has 5 nitrogen and oxygen atoms in total. The zero-order chi connectivity index (χ0) is 15.8. The summed E-state index contributed by atoms with van der Waals surface area (Å²) in [5, 5.41) is 9.30. The second-order valence-corrected chi connectivity index (χ2v) is 4.57. The van der Waals surface area contributed by atoms with E-state index < -0.39 is 5.92 Å². The van der Waals surface area contributed by atoms with E-state index in [0.29, 0.717) is 31.0 Å². The van der Waals surface area contributed by atoms with Crippen LogP contribution in [-0.4, -0.2) is 38.1 Å². The zero-order valence-corrected chi connectivity index (χ0v) is 13.0. The number of carbonyl (C=O) groups excluding carboxylic acids is 1. The highest BCUT2D eigenvalue weighted by atomic mass is 16.5. The van der Waals surface area contributed by atoms with Crippen LogP contribution in [0.5, 0.6) is 11.5 Å². The Hall–Kier alpha value is -2.22. The molecule has 1 aromatic carbocycles. The third-order valence-electron chi connectivity index (χ3n) is 3.45. The Morgan fingerprint density at radius 1 is 1.29 bits per heavy atom. The monoisotopic (exact) mass is 290 g/mol. The molecule has 0 aliphatic heterocycles. The molecule has 0 bridgehead atoms. The average Bonchev–Trinajstić information content (AvgIpc) is 2.53. The van der Waals surface area contributed by atoms with Gasteiger partial charge in [-0.3, -0.25) is 4.79 Å². The molecule has 0 N–H and O–H groups in total. The van der Waals surface area contributed by atoms with Crippen LogP contribution in [0.1, 0.15) is 19.4 Å². The van der Waals surface area contributed by atoms with Crippen molar-refractivity contribution in [2.45, 2.75) is 20.3 Å². The number of nitriles is 1. The molecule has 0 fully saturated rings. The first-order chi connectivity index (χ1) is 10.1. The van der Waals surface area contributed by atoms with Gasteiger partial charge in [0.2, 0.25) is 5.91 Å². The van der Waals surface area contributed by atoms with Gasteiger partial charge in [0.05, 0.1) is 20.3 Å². The first-order valence-corrected chi connectivity index (χ1v) is 7.00. The molecule has 5 heteroatoms. The third kappa shape index (κ3) is 4.12. The van der Waals surface area contributed by atoms with E-state index in [0.717, 1.165) is 5.56 Å². The summed E-state index contributed by atoms with van der Waals surface area (Å²) in [6, 6.07) is 7.49. The van der Waals surface area contributed by atoms with Crippen LogP contribution >= 0.6 is 0 Å². The predicted molar refractivity (Wildman–Crippen MR) is 80.3 cm³/mol. The van der Waals surface area contributed by atoms with E-state index in [-0.39, 0.29) is 5.91 Å². The number of methoxy groups -OCH3 is 2. The molecule has 21 heavy (non-hydrogen) atoms. The molecule has 0 saturated carbocycles. The van der Waals surface area contributed by atoms with Gasteiger partial charge in [-0.1, -0.05) is 6.07 Å². The lowest BCUT2D eigenvalue weighted by atomic mass is 9.98. The van der Waals surface area contributed by atoms with Gasteiger partial charge < -0.3 is 14.4 Å². The minimum atomic E-state index is -0.702. The maximum atomic E-state index is 12.3. The van der Waals surface area contributed by atoms with Crippen LogP contribution in [-0.2, 0) is 11.2 Å². The van der Waals surface area contributed by atoms with Crippen molar-refractivity contribution in [1.82, 2.24) is 4.90 Å². The summed E-state index contributed by atoms with van der Waals surface area (Å²) in [5.41, 5.74) is 0.824. The molecule has 1 aromatic rings. The molecular formula is C16H22N2O3. The van der Waals surface area contributed by atoms with Crippen molar-refractivity contribution in [3.05, 3.63) is 23.8 Å². The quantitative estimate of drug-likeness (QED) is 0.772. The van der Waals surface area contributed by atoms with Crippen LogP contribution in [0, 0.1) is 17.2 Å². The van der Waals surface area contributed by atoms with Crippen LogP contribution in [0.2, 0.25) is 0 Å². The summed E-state index contributed by atoms with van der Waals surface area (Å²) in [4.78, 5) is 14.0. The largest absolute Gasteiger partial charge is 0.497 e. The van der Waals surface area contributed by atoms with E-state index in [2.05, 4.69) is 6.07 Å². The summed E-state index contributed by atoms with van der Waals surface area (Å²) in [6.45, 7) is 5.02. The molecule has 0 aliphatic carbocycles. The minimum absolute atomic E-state index is 0.139. The number of hydrogen-bond donors (Lipinski definition) is 0. The van der Waals surface area contributed by atoms with Gasteiger partial charge in [0.1, 0.15) is 17.4 Å². The van der Waals surface area contributed by atoms with Crippen molar-refractivity contribution >= 4 is 5.91 Å². The lowest BCUT2D eigenvalue weighted by molar-refractivity contribution is -0.133. The Balaban J connectivity index is 2.97. The second kappa shape index (κ2) is 8.15. The van der Waals surface area contributed by atoms with Gasteiger partial charge in [-0.05, 0) is 25.5 Å². The lowest BCUT2D eigenvalue weighted by Crippen LogP contribution is -2.36. The molecule has 0 aliphatic rings. The average molecular weight is 290 g/mol. The smallest absolute Gasteiger partial charge is 0.240 e. The predicted octanol–water partition coefficient (Wildman–Crippen LogP) is 2.25. The Morgan fingerprint density at radius 3 is 2.43 bits per heavy atom. The first kappa shape index (κ1) is 16.8. The molecular weight excluding hydrogens is 268 g/mol. The van der Waals surface area contributed by atoms with E-state index >= 15 is 0 Å². The Labute approximate surface area is 126 Å². The normalized spacial score (nSPS) is 11.4. The van der Waals surface area contributed by atoms with Crippen molar-refractivity contribution in [1.29, 1.82) is 5.26 Å². The number of hydrogen-bond acceptors (Lipinski definition) is 4. The molecule has 0 spiro atoms. The van der Waals surface area contributed by atoms with E-state index in [9.17, 15) is 10.1 Å². The Bertz CT molecular complexity index is 519. The maximum Gasteiger partial charge on any atom is 0.240 e. The second-order valence-electron chi connectivity index (χ2n) is 4.57. The fourth-order valence-corrected chi connectivity index (χ4v) is 2.18. The summed E-state index contributed by atoms with van der Waals surface area (Å²) in [7, 11) is 3.14. The number of rotatable bonds is 7. The van der Waals surface area contributed by atoms with Gasteiger partial charge in [0.15, 0.2) is 0 Å². The van der Waals surface area contributed by atoms with Crippen molar-refractivity contribution in [2.24, 2.45) is 5.92 Å². The van der Waals surface area contributed by atoms with Crippen molar-refractivity contribution in [3.63, 3.8) is 0 Å². The number of amides is 1. The van der Waals surface area contributed by atoms with Gasteiger partial charge in [0.25, 0.3) is 0 Å². The van der Waals surface area contributed by atoms with Crippen molar-refractivity contribution in [3.8, 4) is 17.6 Å². The molecule has 1 atom stereocenters. The van der Waals surface area contributed by atoms with E-state index in [1.165, 1.54) is 0 Å². The highest BCUT2D eigenvalue weighted by Gasteiger charge is 2.24. The van der Waals surface area contributed by atoms with Crippen LogP contribution in [0.3, 0.4) is 0 Å². The van der Waals surface area contributed by atoms with E-state index in [4.69, 9.17) is 9.47 Å². The number of nitrogens with zero attached hydrogens (tertiary/aromatic N) is 2. The number of benzene rings is 1. The zero-order valence-electron chi connectivity index (χ0n) is 13.0. The fourth-order valence-electron chi connectivity index (χ4n) is 2.18. The van der Waals surface area contributed by atoms with Gasteiger partial charge >= 0.3 is 0 Å². The van der Waals surface area contributed by atoms with Gasteiger partial charge in [-0.2, -0.15) is 5.26 Å². The Kier molecular flexibility index (Phi) is 6.54. The molecule has 0 saturated heterocycles.